The molecule has 0 aromatic carbocycles. The molecule has 2 N–H and O–H groups in total. The number of aromatic amines is 2. The van der Waals surface area contributed by atoms with Crippen LogP contribution in [0.15, 0.2) is 24.3 Å². The molecular weight excluding hydrogens is 873 g/mol. The number of hydrogen-bond donors (Lipinski definition) is 2. The summed E-state index contributed by atoms with van der Waals surface area (Å²) in [5, 5.41) is 0. The van der Waals surface area contributed by atoms with Gasteiger partial charge in [-0.05, 0) is 105 Å². The predicted molar refractivity (Wildman–Crippen MR) is 321 cm³/mol. The Labute approximate surface area is 443 Å². The van der Waals surface area contributed by atoms with Gasteiger partial charge in [-0.3, -0.25) is 0 Å². The lowest BCUT2D eigenvalue weighted by molar-refractivity contribution is 0.556. The van der Waals surface area contributed by atoms with E-state index < -0.39 is 0 Å². The summed E-state index contributed by atoms with van der Waals surface area (Å²) in [4.78, 5) is 19.4. The number of aromatic nitrogens is 4. The van der Waals surface area contributed by atoms with Gasteiger partial charge in [-0.2, -0.15) is 0 Å². The summed E-state index contributed by atoms with van der Waals surface area (Å²) in [5.74, 6) is 0. The van der Waals surface area contributed by atoms with Crippen molar-refractivity contribution >= 4 is 46.4 Å². The molecule has 0 amide bonds. The summed E-state index contributed by atoms with van der Waals surface area (Å²) in [7, 11) is 0. The van der Waals surface area contributed by atoms with E-state index in [0.717, 1.165) is 48.5 Å². The zero-order chi connectivity index (χ0) is 50.5. The molecule has 0 saturated heterocycles. The van der Waals surface area contributed by atoms with Crippen LogP contribution in [0.3, 0.4) is 0 Å². The molecule has 0 aliphatic carbocycles. The van der Waals surface area contributed by atoms with E-state index in [2.05, 4.69) is 86.2 Å². The smallest absolute Gasteiger partial charge is 0.0691 e. The van der Waals surface area contributed by atoms with Gasteiger partial charge in [0.15, 0.2) is 0 Å². The van der Waals surface area contributed by atoms with E-state index in [1.807, 2.05) is 0 Å². The summed E-state index contributed by atoms with van der Waals surface area (Å²) >= 11 is 0. The fourth-order valence-electron chi connectivity index (χ4n) is 11.7. The van der Waals surface area contributed by atoms with E-state index in [9.17, 15) is 0 Å². The van der Waals surface area contributed by atoms with E-state index >= 15 is 0 Å². The van der Waals surface area contributed by atoms with Gasteiger partial charge in [0.05, 0.1) is 22.8 Å². The molecule has 2 aliphatic rings. The summed E-state index contributed by atoms with van der Waals surface area (Å²) in [6.45, 7) is 9.27. The third kappa shape index (κ3) is 22.6. The molecule has 0 atom stereocenters. The Morgan fingerprint density at radius 3 is 0.694 bits per heavy atom. The first-order chi connectivity index (χ1) is 35.7. The molecule has 72 heavy (non-hydrogen) atoms. The number of hydrogen-bond acceptors (Lipinski definition) is 2. The Bertz CT molecular complexity index is 1970. The van der Waals surface area contributed by atoms with Crippen LogP contribution in [0, 0.1) is 0 Å². The van der Waals surface area contributed by atoms with Crippen molar-refractivity contribution < 1.29 is 0 Å². The number of aryl methyl sites for hydroxylation is 3. The van der Waals surface area contributed by atoms with Crippen molar-refractivity contribution in [3.8, 4) is 0 Å². The second-order valence-corrected chi connectivity index (χ2v) is 22.6. The minimum atomic E-state index is 1.03. The van der Waals surface area contributed by atoms with E-state index in [4.69, 9.17) is 9.97 Å². The van der Waals surface area contributed by atoms with Crippen molar-refractivity contribution in [2.24, 2.45) is 0 Å². The maximum absolute atomic E-state index is 5.60. The van der Waals surface area contributed by atoms with Crippen molar-refractivity contribution in [1.82, 2.24) is 19.9 Å². The van der Waals surface area contributed by atoms with Crippen LogP contribution in [0.25, 0.3) is 46.4 Å². The summed E-state index contributed by atoms with van der Waals surface area (Å²) < 4.78 is 0. The monoisotopic (exact) mass is 983 g/mol. The molecule has 5 heterocycles. The third-order valence-corrected chi connectivity index (χ3v) is 16.3. The van der Waals surface area contributed by atoms with Gasteiger partial charge in [0, 0.05) is 38.8 Å². The fraction of sp³-hybridized carbons (Fsp3) is 0.706. The van der Waals surface area contributed by atoms with Gasteiger partial charge in [-0.1, -0.05) is 259 Å². The highest BCUT2D eigenvalue weighted by atomic mass is 14.8. The lowest BCUT2D eigenvalue weighted by Crippen LogP contribution is -1.97. The number of nitrogens with zero attached hydrogens (tertiary/aromatic N) is 2. The minimum Gasteiger partial charge on any atom is -0.355 e. The quantitative estimate of drug-likeness (QED) is 0.0382. The molecule has 0 spiro atoms. The van der Waals surface area contributed by atoms with Crippen molar-refractivity contribution in [1.29, 1.82) is 0 Å². The number of unbranched alkanes of at least 4 members (excludes halogenated alkanes) is 36. The second kappa shape index (κ2) is 38.2. The number of nitrogens with one attached hydrogen (secondary N) is 2. The Morgan fingerprint density at radius 1 is 0.236 bits per heavy atom. The molecule has 2 aliphatic heterocycles. The lowest BCUT2D eigenvalue weighted by Gasteiger charge is -2.07. The van der Waals surface area contributed by atoms with Crippen LogP contribution < -0.4 is 0 Å². The van der Waals surface area contributed by atoms with Crippen LogP contribution in [0.2, 0.25) is 0 Å². The van der Waals surface area contributed by atoms with Crippen molar-refractivity contribution in [3.05, 3.63) is 69.3 Å². The first-order valence-corrected chi connectivity index (χ1v) is 31.8. The molecule has 5 rings (SSSR count). The van der Waals surface area contributed by atoms with Gasteiger partial charge >= 0.3 is 0 Å². The topological polar surface area (TPSA) is 57.4 Å². The minimum absolute atomic E-state index is 1.03. The molecule has 4 nitrogen and oxygen atoms in total. The maximum Gasteiger partial charge on any atom is 0.0691 e. The predicted octanol–water partition coefficient (Wildman–Crippen LogP) is 22.5. The first-order valence-electron chi connectivity index (χ1n) is 31.8. The standard InChI is InChI=1S/C68H110N4/c1-5-9-13-17-21-25-29-33-37-41-45-57-61-49-51-63(69-61)58(46-42-38-34-30-26-22-18-14-10-6-2)65-53-55-67(71-65)60(48-44-40-36-32-28-24-20-16-12-8-4)68-56-54-66(72-68)59(64-52-50-62(57)70-64)47-43-39-35-31-27-23-19-15-11-7-3/h49-56,69-70H,5-48H2,1-4H3. The fourth-order valence-corrected chi connectivity index (χ4v) is 11.7. The molecule has 8 bridgehead atoms. The number of fused-ring (bicyclic) bond motifs is 8. The molecule has 0 fully saturated rings. The summed E-state index contributed by atoms with van der Waals surface area (Å²) in [5.41, 5.74) is 15.1. The SMILES string of the molecule is CCCCCCCCCCCCc1c2nc(c(CCCCCCCCCCCC)c3ccc([nH]3)c(CCCCCCCCCCCC)c3ccc([nH]3)c(CCCCCCCCCCCC)c3nc1C=C3)C=C2. The zero-order valence-electron chi connectivity index (χ0n) is 47.6. The van der Waals surface area contributed by atoms with Crippen LogP contribution in [-0.4, -0.2) is 19.9 Å². The molecule has 3 aromatic heterocycles. The van der Waals surface area contributed by atoms with Crippen LogP contribution >= 0.6 is 0 Å². The van der Waals surface area contributed by atoms with E-state index in [1.54, 1.807) is 0 Å². The largest absolute Gasteiger partial charge is 0.355 e. The molecule has 0 radical (unpaired) electrons. The van der Waals surface area contributed by atoms with Gasteiger partial charge < -0.3 is 9.97 Å². The van der Waals surface area contributed by atoms with Gasteiger partial charge in [0.25, 0.3) is 0 Å². The van der Waals surface area contributed by atoms with Gasteiger partial charge in [0.2, 0.25) is 0 Å². The summed E-state index contributed by atoms with van der Waals surface area (Å²) in [6.07, 6.45) is 67.7. The average molecular weight is 984 g/mol. The maximum atomic E-state index is 5.60. The highest BCUT2D eigenvalue weighted by molar-refractivity contribution is 5.83. The molecule has 3 aromatic rings. The van der Waals surface area contributed by atoms with Gasteiger partial charge in [-0.25, -0.2) is 9.97 Å². The molecule has 4 heteroatoms. The Kier molecular flexibility index (Phi) is 31.6. The molecule has 402 valence electrons. The molecule has 0 unspecified atom stereocenters. The number of H-pyrrole nitrogens is 2. The Morgan fingerprint density at radius 2 is 0.431 bits per heavy atom. The lowest BCUT2D eigenvalue weighted by atomic mass is 10.0. The van der Waals surface area contributed by atoms with Crippen LogP contribution in [-0.2, 0) is 25.7 Å². The van der Waals surface area contributed by atoms with Crippen LogP contribution in [0.5, 0.6) is 0 Å². The zero-order valence-corrected chi connectivity index (χ0v) is 47.6. The summed E-state index contributed by atoms with van der Waals surface area (Å²) in [6, 6.07) is 9.56. The average Bonchev–Trinajstić information content (AvgIpc) is 4.26. The van der Waals surface area contributed by atoms with Crippen molar-refractivity contribution in [2.75, 3.05) is 0 Å². The van der Waals surface area contributed by atoms with Gasteiger partial charge in [-0.15, -0.1) is 0 Å². The highest BCUT2D eigenvalue weighted by Gasteiger charge is 2.17. The van der Waals surface area contributed by atoms with Gasteiger partial charge in [0.1, 0.15) is 0 Å². The van der Waals surface area contributed by atoms with E-state index in [0.29, 0.717) is 0 Å². The van der Waals surface area contributed by atoms with E-state index in [-0.39, 0.29) is 0 Å². The normalized spacial score (nSPS) is 12.3. The Balaban J connectivity index is 1.46. The van der Waals surface area contributed by atoms with Crippen molar-refractivity contribution in [3.63, 3.8) is 0 Å². The van der Waals surface area contributed by atoms with Crippen molar-refractivity contribution in [2.45, 2.75) is 310 Å². The molecule has 0 saturated carbocycles. The third-order valence-electron chi connectivity index (χ3n) is 16.3. The van der Waals surface area contributed by atoms with E-state index in [1.165, 1.54) is 301 Å². The highest BCUT2D eigenvalue weighted by Crippen LogP contribution is 2.31. The first kappa shape index (κ1) is 59.5. The second-order valence-electron chi connectivity index (χ2n) is 22.6. The van der Waals surface area contributed by atoms with Crippen LogP contribution in [0.4, 0.5) is 0 Å². The number of rotatable bonds is 44. The molecular formula is C68H110N4. The Hall–Kier alpha value is -3.40. The van der Waals surface area contributed by atoms with Crippen LogP contribution in [0.1, 0.15) is 330 Å².